The molecule has 3 rings (SSSR count). The lowest BCUT2D eigenvalue weighted by atomic mass is 9.95. The zero-order valence-electron chi connectivity index (χ0n) is 16.1. The highest BCUT2D eigenvalue weighted by atomic mass is 16.3. The predicted molar refractivity (Wildman–Crippen MR) is 109 cm³/mol. The minimum absolute atomic E-state index is 0.267. The fraction of sp³-hybridized carbons (Fsp3) is 0.261. The summed E-state index contributed by atoms with van der Waals surface area (Å²) in [6.45, 7) is 6.89. The van der Waals surface area contributed by atoms with Gasteiger partial charge in [-0.3, -0.25) is 4.79 Å². The number of phenols is 1. The number of benzene rings is 2. The average molecular weight is 362 g/mol. The molecular formula is C23H26N2O2. The van der Waals surface area contributed by atoms with E-state index in [1.54, 1.807) is 12.1 Å². The second-order valence-electron chi connectivity index (χ2n) is 6.88. The Hall–Kier alpha value is -3.01. The van der Waals surface area contributed by atoms with Crippen LogP contribution in [0.25, 0.3) is 11.1 Å². The number of aromatic hydroxyl groups is 1. The number of hydrogen-bond acceptors (Lipinski definition) is 2. The molecule has 3 N–H and O–H groups in total. The molecular weight excluding hydrogens is 336 g/mol. The van der Waals surface area contributed by atoms with Crippen molar-refractivity contribution in [2.75, 3.05) is 0 Å². The van der Waals surface area contributed by atoms with E-state index in [0.29, 0.717) is 5.56 Å². The summed E-state index contributed by atoms with van der Waals surface area (Å²) in [5.74, 6) is -0.119. The van der Waals surface area contributed by atoms with E-state index in [2.05, 4.69) is 30.5 Å². The first-order valence-corrected chi connectivity index (χ1v) is 9.29. The van der Waals surface area contributed by atoms with Crippen molar-refractivity contribution in [1.82, 2.24) is 4.57 Å². The number of primary amides is 1. The molecule has 4 nitrogen and oxygen atoms in total. The van der Waals surface area contributed by atoms with Gasteiger partial charge in [-0.05, 0) is 55.5 Å². The monoisotopic (exact) mass is 362 g/mol. The summed E-state index contributed by atoms with van der Waals surface area (Å²) in [7, 11) is 0. The SMILES string of the molecule is CCc1c(-c2ccccc2C)c(C(N)=O)c(C)n1CCc1ccc(O)cc1. The Labute approximate surface area is 160 Å². The molecule has 2 aromatic carbocycles. The van der Waals surface area contributed by atoms with Gasteiger partial charge in [0.2, 0.25) is 0 Å². The van der Waals surface area contributed by atoms with Crippen molar-refractivity contribution in [3.8, 4) is 16.9 Å². The molecule has 1 amide bonds. The Bertz CT molecular complexity index is 969. The molecule has 27 heavy (non-hydrogen) atoms. The third-order valence-corrected chi connectivity index (χ3v) is 5.19. The van der Waals surface area contributed by atoms with Gasteiger partial charge in [-0.2, -0.15) is 0 Å². The highest BCUT2D eigenvalue weighted by molar-refractivity contribution is 6.02. The van der Waals surface area contributed by atoms with Crippen LogP contribution in [0, 0.1) is 13.8 Å². The first-order valence-electron chi connectivity index (χ1n) is 9.29. The van der Waals surface area contributed by atoms with Crippen molar-refractivity contribution < 1.29 is 9.90 Å². The predicted octanol–water partition coefficient (Wildman–Crippen LogP) is 4.38. The van der Waals surface area contributed by atoms with Crippen LogP contribution >= 0.6 is 0 Å². The van der Waals surface area contributed by atoms with Gasteiger partial charge in [-0.15, -0.1) is 0 Å². The summed E-state index contributed by atoms with van der Waals surface area (Å²) in [5.41, 5.74) is 12.7. The Balaban J connectivity index is 2.09. The number of carbonyl (C=O) groups is 1. The fourth-order valence-electron chi connectivity index (χ4n) is 3.82. The highest BCUT2D eigenvalue weighted by Gasteiger charge is 2.24. The van der Waals surface area contributed by atoms with E-state index in [-0.39, 0.29) is 11.7 Å². The molecule has 0 atom stereocenters. The van der Waals surface area contributed by atoms with Gasteiger partial charge < -0.3 is 15.4 Å². The van der Waals surface area contributed by atoms with Gasteiger partial charge in [-0.25, -0.2) is 0 Å². The molecule has 0 saturated carbocycles. The fourth-order valence-corrected chi connectivity index (χ4v) is 3.82. The van der Waals surface area contributed by atoms with Crippen LogP contribution in [-0.2, 0) is 19.4 Å². The third-order valence-electron chi connectivity index (χ3n) is 5.19. The summed E-state index contributed by atoms with van der Waals surface area (Å²) in [4.78, 5) is 12.3. The molecule has 0 spiro atoms. The lowest BCUT2D eigenvalue weighted by Gasteiger charge is -2.13. The molecule has 3 aromatic rings. The van der Waals surface area contributed by atoms with Crippen molar-refractivity contribution in [2.24, 2.45) is 5.73 Å². The van der Waals surface area contributed by atoms with Crippen molar-refractivity contribution in [1.29, 1.82) is 0 Å². The third kappa shape index (κ3) is 3.61. The van der Waals surface area contributed by atoms with Gasteiger partial charge in [0.25, 0.3) is 5.91 Å². The Morgan fingerprint density at radius 3 is 2.33 bits per heavy atom. The Kier molecular flexibility index (Phi) is 5.36. The molecule has 0 bridgehead atoms. The molecule has 0 aliphatic rings. The maximum atomic E-state index is 12.3. The maximum absolute atomic E-state index is 12.3. The van der Waals surface area contributed by atoms with Gasteiger partial charge in [0, 0.05) is 23.5 Å². The number of aromatic nitrogens is 1. The molecule has 0 saturated heterocycles. The zero-order valence-corrected chi connectivity index (χ0v) is 16.1. The molecule has 0 radical (unpaired) electrons. The van der Waals surface area contributed by atoms with Crippen LogP contribution in [0.1, 0.15) is 39.8 Å². The largest absolute Gasteiger partial charge is 0.508 e. The quantitative estimate of drug-likeness (QED) is 0.683. The smallest absolute Gasteiger partial charge is 0.251 e. The molecule has 0 aliphatic heterocycles. The lowest BCUT2D eigenvalue weighted by molar-refractivity contribution is 0.1000. The summed E-state index contributed by atoms with van der Waals surface area (Å²) < 4.78 is 2.22. The molecule has 0 aliphatic carbocycles. The van der Waals surface area contributed by atoms with E-state index in [4.69, 9.17) is 5.73 Å². The molecule has 140 valence electrons. The summed E-state index contributed by atoms with van der Waals surface area (Å²) >= 11 is 0. The number of phenolic OH excluding ortho intramolecular Hbond substituents is 1. The number of nitrogens with two attached hydrogens (primary N) is 1. The van der Waals surface area contributed by atoms with E-state index in [1.807, 2.05) is 31.2 Å². The van der Waals surface area contributed by atoms with Crippen molar-refractivity contribution in [3.05, 3.63) is 76.6 Å². The molecule has 0 unspecified atom stereocenters. The van der Waals surface area contributed by atoms with Crippen LogP contribution in [-0.4, -0.2) is 15.6 Å². The Morgan fingerprint density at radius 1 is 1.07 bits per heavy atom. The van der Waals surface area contributed by atoms with Crippen LogP contribution in [0.2, 0.25) is 0 Å². The van der Waals surface area contributed by atoms with Crippen molar-refractivity contribution in [3.63, 3.8) is 0 Å². The average Bonchev–Trinajstić information content (AvgIpc) is 2.93. The van der Waals surface area contributed by atoms with Crippen molar-refractivity contribution in [2.45, 2.75) is 40.2 Å². The van der Waals surface area contributed by atoms with Gasteiger partial charge in [0.05, 0.1) is 5.56 Å². The minimum Gasteiger partial charge on any atom is -0.508 e. The van der Waals surface area contributed by atoms with E-state index < -0.39 is 0 Å². The normalized spacial score (nSPS) is 10.9. The second kappa shape index (κ2) is 7.70. The van der Waals surface area contributed by atoms with Crippen LogP contribution < -0.4 is 5.73 Å². The van der Waals surface area contributed by atoms with Gasteiger partial charge >= 0.3 is 0 Å². The van der Waals surface area contributed by atoms with Crippen LogP contribution in [0.4, 0.5) is 0 Å². The number of rotatable bonds is 6. The minimum atomic E-state index is -0.385. The topological polar surface area (TPSA) is 68.2 Å². The first kappa shape index (κ1) is 18.8. The highest BCUT2D eigenvalue weighted by Crippen LogP contribution is 2.35. The van der Waals surface area contributed by atoms with Crippen LogP contribution in [0.15, 0.2) is 48.5 Å². The number of nitrogens with zero attached hydrogens (tertiary/aromatic N) is 1. The lowest BCUT2D eigenvalue weighted by Crippen LogP contribution is -2.14. The van der Waals surface area contributed by atoms with E-state index in [0.717, 1.165) is 53.0 Å². The van der Waals surface area contributed by atoms with Crippen molar-refractivity contribution >= 4 is 5.91 Å². The van der Waals surface area contributed by atoms with Gasteiger partial charge in [0.15, 0.2) is 0 Å². The van der Waals surface area contributed by atoms with Crippen LogP contribution in [0.5, 0.6) is 5.75 Å². The molecule has 4 heteroatoms. The van der Waals surface area contributed by atoms with Gasteiger partial charge in [-0.1, -0.05) is 43.3 Å². The Morgan fingerprint density at radius 2 is 1.74 bits per heavy atom. The maximum Gasteiger partial charge on any atom is 0.251 e. The number of carbonyl (C=O) groups excluding carboxylic acids is 1. The standard InChI is InChI=1S/C23H26N2O2/c1-4-20-22(19-8-6-5-7-15(19)2)21(23(24)27)16(3)25(20)14-13-17-9-11-18(26)12-10-17/h5-12,26H,4,13-14H2,1-3H3,(H2,24,27). The number of aryl methyl sites for hydroxylation is 2. The summed E-state index contributed by atoms with van der Waals surface area (Å²) in [5, 5.41) is 9.46. The van der Waals surface area contributed by atoms with E-state index >= 15 is 0 Å². The number of hydrogen-bond donors (Lipinski definition) is 2. The first-order chi connectivity index (χ1) is 12.9. The van der Waals surface area contributed by atoms with E-state index in [1.165, 1.54) is 0 Å². The summed E-state index contributed by atoms with van der Waals surface area (Å²) in [6, 6.07) is 15.4. The van der Waals surface area contributed by atoms with Gasteiger partial charge in [0.1, 0.15) is 5.75 Å². The van der Waals surface area contributed by atoms with E-state index in [9.17, 15) is 9.90 Å². The number of amides is 1. The molecule has 1 aromatic heterocycles. The molecule has 1 heterocycles. The molecule has 0 fully saturated rings. The summed E-state index contributed by atoms with van der Waals surface area (Å²) in [6.07, 6.45) is 1.63. The zero-order chi connectivity index (χ0) is 19.6. The van der Waals surface area contributed by atoms with Crippen LogP contribution in [0.3, 0.4) is 0 Å². The second-order valence-corrected chi connectivity index (χ2v) is 6.88.